The van der Waals surface area contributed by atoms with Crippen LogP contribution >= 0.6 is 0 Å². The molecule has 3 N–H and O–H groups in total. The van der Waals surface area contributed by atoms with Crippen LogP contribution in [0.3, 0.4) is 0 Å². The van der Waals surface area contributed by atoms with Crippen molar-refractivity contribution in [1.82, 2.24) is 25.1 Å². The van der Waals surface area contributed by atoms with Crippen molar-refractivity contribution in [3.8, 4) is 23.1 Å². The van der Waals surface area contributed by atoms with Gasteiger partial charge in [-0.25, -0.2) is 9.78 Å². The number of rotatable bonds is 17. The number of hydrogen-bond donors (Lipinski definition) is 3. The minimum absolute atomic E-state index is 0.0401. The van der Waals surface area contributed by atoms with E-state index in [4.69, 9.17) is 28.7 Å². The molecule has 0 unspecified atom stereocenters. The SMILES string of the molecule is COc1cc(Cc2nccc(Oc3ccc(NC(=O)Nc4cc(C(C)(C)C)cc(C(=O)CCCN5CCOCC5)c4OC)c4ccccc34)n2)cc(C(=O)NCCN2CCOCC2)c1. The van der Waals surface area contributed by atoms with Gasteiger partial charge >= 0.3 is 6.03 Å². The van der Waals surface area contributed by atoms with E-state index in [1.807, 2.05) is 48.5 Å². The van der Waals surface area contributed by atoms with Gasteiger partial charge in [0.25, 0.3) is 5.91 Å². The Labute approximate surface area is 374 Å². The fourth-order valence-corrected chi connectivity index (χ4v) is 7.83. The molecule has 15 heteroatoms. The smallest absolute Gasteiger partial charge is 0.323 e. The molecule has 15 nitrogen and oxygen atoms in total. The summed E-state index contributed by atoms with van der Waals surface area (Å²) in [6.45, 7) is 14.5. The van der Waals surface area contributed by atoms with Crippen LogP contribution in [0.2, 0.25) is 0 Å². The highest BCUT2D eigenvalue weighted by Gasteiger charge is 2.25. The third kappa shape index (κ3) is 12.1. The van der Waals surface area contributed by atoms with Gasteiger partial charge in [-0.2, -0.15) is 4.98 Å². The summed E-state index contributed by atoms with van der Waals surface area (Å²) in [4.78, 5) is 54.4. The number of nitrogens with zero attached hydrogens (tertiary/aromatic N) is 4. The van der Waals surface area contributed by atoms with Crippen molar-refractivity contribution in [2.75, 3.05) is 97.1 Å². The van der Waals surface area contributed by atoms with E-state index in [-0.39, 0.29) is 17.1 Å². The van der Waals surface area contributed by atoms with Gasteiger partial charge in [-0.15, -0.1) is 0 Å². The molecule has 2 aliphatic heterocycles. The van der Waals surface area contributed by atoms with Gasteiger partial charge in [0.15, 0.2) is 11.5 Å². The molecule has 64 heavy (non-hydrogen) atoms. The topological polar surface area (TPSA) is 166 Å². The molecule has 0 aliphatic carbocycles. The Morgan fingerprint density at radius 2 is 1.48 bits per heavy atom. The summed E-state index contributed by atoms with van der Waals surface area (Å²) in [6, 6.07) is 21.5. The first kappa shape index (κ1) is 45.9. The number of hydrogen-bond acceptors (Lipinski definition) is 12. The standard InChI is InChI=1S/C49H59N7O8/c1-49(2,3)35-31-39(42(57)11-8-17-55-19-23-62-24-20-55)46(61-5)41(32-35)53-48(59)52-40-12-13-43(38-10-7-6-9-37(38)40)64-45-14-15-50-44(54-45)29-33-27-34(30-36(28-33)60-4)47(58)51-16-18-56-21-25-63-26-22-56/h6-7,9-10,12-15,27-28,30-32H,8,11,16-26,29H2,1-5H3,(H,51,58)(H2,52,53,59). The van der Waals surface area contributed by atoms with Crippen molar-refractivity contribution >= 4 is 39.9 Å². The molecular formula is C49H59N7O8. The Morgan fingerprint density at radius 3 is 2.19 bits per heavy atom. The van der Waals surface area contributed by atoms with Crippen LogP contribution in [-0.2, 0) is 21.3 Å². The fraction of sp³-hybridized carbons (Fsp3) is 0.408. The number of Topliss-reactive ketones (excluding diaryl/α,β-unsaturated/α-hetero) is 1. The number of amides is 3. The summed E-state index contributed by atoms with van der Waals surface area (Å²) in [5.41, 5.74) is 3.27. The van der Waals surface area contributed by atoms with Gasteiger partial charge in [0.1, 0.15) is 17.3 Å². The van der Waals surface area contributed by atoms with E-state index < -0.39 is 6.03 Å². The van der Waals surface area contributed by atoms with Crippen molar-refractivity contribution in [2.24, 2.45) is 0 Å². The zero-order valence-corrected chi connectivity index (χ0v) is 37.5. The lowest BCUT2D eigenvalue weighted by Gasteiger charge is -2.26. The van der Waals surface area contributed by atoms with E-state index in [2.05, 4.69) is 51.5 Å². The van der Waals surface area contributed by atoms with Crippen LogP contribution in [0.4, 0.5) is 16.2 Å². The summed E-state index contributed by atoms with van der Waals surface area (Å²) in [5.74, 6) is 2.00. The number of methoxy groups -OCH3 is 2. The van der Waals surface area contributed by atoms with Gasteiger partial charge in [0.05, 0.1) is 57.6 Å². The highest BCUT2D eigenvalue weighted by molar-refractivity contribution is 6.09. The molecule has 3 heterocycles. The van der Waals surface area contributed by atoms with Crippen LogP contribution in [-0.4, -0.2) is 124 Å². The maximum atomic E-state index is 13.8. The second-order valence-corrected chi connectivity index (χ2v) is 16.9. The van der Waals surface area contributed by atoms with Gasteiger partial charge in [-0.05, 0) is 72.0 Å². The first-order chi connectivity index (χ1) is 31.0. The average Bonchev–Trinajstić information content (AvgIpc) is 3.30. The average molecular weight is 874 g/mol. The Kier molecular flexibility index (Phi) is 15.4. The molecule has 4 aromatic carbocycles. The molecule has 0 radical (unpaired) electrons. The van der Waals surface area contributed by atoms with E-state index in [0.717, 1.165) is 61.2 Å². The van der Waals surface area contributed by atoms with Crippen molar-refractivity contribution in [3.05, 3.63) is 107 Å². The third-order valence-corrected chi connectivity index (χ3v) is 11.4. The zero-order valence-electron chi connectivity index (χ0n) is 37.5. The molecule has 7 rings (SSSR count). The van der Waals surface area contributed by atoms with Gasteiger partial charge in [0, 0.05) is 80.7 Å². The van der Waals surface area contributed by atoms with Crippen LogP contribution in [0.15, 0.2) is 79.0 Å². The van der Waals surface area contributed by atoms with Crippen LogP contribution in [0.1, 0.15) is 71.3 Å². The van der Waals surface area contributed by atoms with E-state index in [1.165, 1.54) is 7.11 Å². The number of urea groups is 1. The second-order valence-electron chi connectivity index (χ2n) is 16.9. The Morgan fingerprint density at radius 1 is 0.781 bits per heavy atom. The lowest BCUT2D eigenvalue weighted by atomic mass is 9.84. The number of fused-ring (bicyclic) bond motifs is 1. The van der Waals surface area contributed by atoms with Crippen LogP contribution < -0.4 is 30.2 Å². The maximum Gasteiger partial charge on any atom is 0.323 e. The number of carbonyl (C=O) groups is 3. The molecule has 2 aliphatic rings. The molecule has 3 amide bonds. The Bertz CT molecular complexity index is 2430. The maximum absolute atomic E-state index is 13.8. The van der Waals surface area contributed by atoms with Gasteiger partial charge < -0.3 is 39.6 Å². The number of benzene rings is 4. The zero-order chi connectivity index (χ0) is 45.1. The first-order valence-corrected chi connectivity index (χ1v) is 21.9. The van der Waals surface area contributed by atoms with E-state index >= 15 is 0 Å². The van der Waals surface area contributed by atoms with E-state index in [0.29, 0.717) is 104 Å². The van der Waals surface area contributed by atoms with Crippen molar-refractivity contribution in [2.45, 2.75) is 45.4 Å². The molecule has 2 saturated heterocycles. The quantitative estimate of drug-likeness (QED) is 0.0799. The summed E-state index contributed by atoms with van der Waals surface area (Å²) in [6.07, 6.45) is 3.02. The summed E-state index contributed by atoms with van der Waals surface area (Å²) >= 11 is 0. The monoisotopic (exact) mass is 873 g/mol. The summed E-state index contributed by atoms with van der Waals surface area (Å²) in [7, 11) is 3.08. The number of aromatic nitrogens is 2. The minimum atomic E-state index is -0.500. The normalized spacial score (nSPS) is 14.8. The molecule has 0 saturated carbocycles. The molecular weight excluding hydrogens is 815 g/mol. The summed E-state index contributed by atoms with van der Waals surface area (Å²) in [5, 5.41) is 10.5. The number of carbonyl (C=O) groups excluding carboxylic acids is 3. The van der Waals surface area contributed by atoms with Crippen molar-refractivity contribution in [1.29, 1.82) is 0 Å². The van der Waals surface area contributed by atoms with E-state index in [9.17, 15) is 14.4 Å². The van der Waals surface area contributed by atoms with Crippen LogP contribution in [0.5, 0.6) is 23.1 Å². The molecule has 1 aromatic heterocycles. The predicted molar refractivity (Wildman–Crippen MR) is 247 cm³/mol. The van der Waals surface area contributed by atoms with Crippen molar-refractivity contribution in [3.63, 3.8) is 0 Å². The number of morpholine rings is 2. The first-order valence-electron chi connectivity index (χ1n) is 21.9. The molecule has 338 valence electrons. The lowest BCUT2D eigenvalue weighted by molar-refractivity contribution is 0.0371. The molecule has 2 fully saturated rings. The summed E-state index contributed by atoms with van der Waals surface area (Å²) < 4.78 is 28.6. The molecule has 0 bridgehead atoms. The number of anilines is 2. The Hall–Kier alpha value is -6.13. The van der Waals surface area contributed by atoms with Gasteiger partial charge in [-0.1, -0.05) is 45.0 Å². The van der Waals surface area contributed by atoms with E-state index in [1.54, 1.807) is 37.6 Å². The second kappa shape index (κ2) is 21.5. The highest BCUT2D eigenvalue weighted by Crippen LogP contribution is 2.38. The van der Waals surface area contributed by atoms with Crippen molar-refractivity contribution < 1.29 is 38.1 Å². The lowest BCUT2D eigenvalue weighted by Crippen LogP contribution is -2.41. The molecule has 0 atom stereocenters. The van der Waals surface area contributed by atoms with Gasteiger partial charge in [0.2, 0.25) is 5.88 Å². The highest BCUT2D eigenvalue weighted by atomic mass is 16.5. The van der Waals surface area contributed by atoms with Gasteiger partial charge in [-0.3, -0.25) is 19.4 Å². The molecule has 0 spiro atoms. The molecule has 5 aromatic rings. The Balaban J connectivity index is 1.03. The minimum Gasteiger partial charge on any atom is -0.497 e. The van der Waals surface area contributed by atoms with Crippen LogP contribution in [0.25, 0.3) is 10.8 Å². The third-order valence-electron chi connectivity index (χ3n) is 11.4. The number of nitrogens with one attached hydrogen (secondary N) is 3. The predicted octanol–water partition coefficient (Wildman–Crippen LogP) is 7.33. The fourth-order valence-electron chi connectivity index (χ4n) is 7.83. The number of ketones is 1. The van der Waals surface area contributed by atoms with Crippen LogP contribution in [0, 0.1) is 0 Å². The largest absolute Gasteiger partial charge is 0.497 e. The number of ether oxygens (including phenoxy) is 5.